The summed E-state index contributed by atoms with van der Waals surface area (Å²) in [7, 11) is 0. The zero-order chi connectivity index (χ0) is 67.5. The maximum absolute atomic E-state index is 12.2. The maximum Gasteiger partial charge on any atom is 0.331 e. The molecule has 12 rings (SSSR count). The van der Waals surface area contributed by atoms with Gasteiger partial charge in [-0.2, -0.15) is 0 Å². The second-order valence-electron chi connectivity index (χ2n) is 24.1. The molecule has 0 bridgehead atoms. The van der Waals surface area contributed by atoms with Crippen LogP contribution in [0.1, 0.15) is 66.8 Å². The Bertz CT molecular complexity index is 3160. The number of hydrogen-bond donors (Lipinski definition) is 0. The summed E-state index contributed by atoms with van der Waals surface area (Å²) in [6.07, 6.45) is 12.6. The minimum Gasteiger partial charge on any atom is -0.454 e. The standard InChI is InChI=1S/3C26H26O6/c3*1-17-3-7-19(8-4-17)11-13-23(27)31-21-15-29-26-22(16-30-25(21)26)32-24(28)14-12-20-9-5-18(2)6-10-20/h3*3-14,21-22,25-26H,15-16H2,1-2H3/b13-11+,14-12+;13-11-,14-12+;13-11-,14-12-/t3*21-,22?,25?,26?/m111/s1. The molecule has 6 aliphatic rings. The first kappa shape index (κ1) is 69.2. The van der Waals surface area contributed by atoms with Gasteiger partial charge in [-0.15, -0.1) is 0 Å². The van der Waals surface area contributed by atoms with Crippen molar-refractivity contribution in [3.05, 3.63) is 249 Å². The van der Waals surface area contributed by atoms with Gasteiger partial charge in [0, 0.05) is 36.5 Å². The van der Waals surface area contributed by atoms with E-state index in [1.54, 1.807) is 36.5 Å². The highest BCUT2D eigenvalue weighted by molar-refractivity contribution is 5.90. The molecule has 6 aromatic carbocycles. The molecule has 0 aliphatic carbocycles. The minimum atomic E-state index is -0.540. The molecule has 6 aromatic rings. The Balaban J connectivity index is 0.000000157. The van der Waals surface area contributed by atoms with E-state index in [9.17, 15) is 28.8 Å². The van der Waals surface area contributed by atoms with Gasteiger partial charge < -0.3 is 56.8 Å². The lowest BCUT2D eigenvalue weighted by Gasteiger charge is -2.16. The van der Waals surface area contributed by atoms with E-state index in [0.717, 1.165) is 66.8 Å². The Morgan fingerprint density at radius 1 is 0.240 bits per heavy atom. The molecule has 6 aliphatic heterocycles. The van der Waals surface area contributed by atoms with E-state index in [1.165, 1.54) is 36.5 Å². The Morgan fingerprint density at radius 3 is 0.490 bits per heavy atom. The Morgan fingerprint density at radius 2 is 0.365 bits per heavy atom. The summed E-state index contributed by atoms with van der Waals surface area (Å²) in [6.45, 7) is 13.2. The summed E-state index contributed by atoms with van der Waals surface area (Å²) >= 11 is 0. The van der Waals surface area contributed by atoms with Crippen LogP contribution in [0, 0.1) is 41.5 Å². The SMILES string of the molecule is Cc1ccc(/C=C/C(=O)OC2COC3C2OC[C@H]3OC(=O)/C=C/c2ccc(C)cc2)cc1.Cc1ccc(/C=C\C(=O)OC2COC3C2OC[C@H]3OC(=O)/C=C\c2ccc(C)cc2)cc1.Cc1ccc(/C=C\C(=O)O[C@@H]2COC3C(OC(=O)/C=C/c4ccc(C)cc4)COC32)cc1. The van der Waals surface area contributed by atoms with Crippen LogP contribution in [0.15, 0.2) is 182 Å². The number of rotatable bonds is 18. The second-order valence-corrected chi connectivity index (χ2v) is 24.1. The Labute approximate surface area is 558 Å². The summed E-state index contributed by atoms with van der Waals surface area (Å²) in [6, 6.07) is 46.9. The summed E-state index contributed by atoms with van der Waals surface area (Å²) in [4.78, 5) is 73.3. The molecule has 0 N–H and O–H groups in total. The third kappa shape index (κ3) is 20.2. The van der Waals surface area contributed by atoms with E-state index < -0.39 is 109 Å². The normalized spacial score (nSPS) is 24.7. The molecular formula is C78H78O18. The second kappa shape index (κ2) is 33.6. The van der Waals surface area contributed by atoms with Crippen LogP contribution in [0.25, 0.3) is 36.5 Å². The van der Waals surface area contributed by atoms with Crippen LogP contribution in [0.5, 0.6) is 0 Å². The van der Waals surface area contributed by atoms with Gasteiger partial charge in [0.25, 0.3) is 0 Å². The van der Waals surface area contributed by atoms with Gasteiger partial charge >= 0.3 is 35.8 Å². The van der Waals surface area contributed by atoms with Gasteiger partial charge in [0.05, 0.1) is 39.6 Å². The van der Waals surface area contributed by atoms with Crippen molar-refractivity contribution in [2.45, 2.75) is 115 Å². The van der Waals surface area contributed by atoms with Crippen molar-refractivity contribution in [2.24, 2.45) is 0 Å². The molecule has 6 heterocycles. The summed E-state index contributed by atoms with van der Waals surface area (Å²) in [5.41, 5.74) is 12.4. The highest BCUT2D eigenvalue weighted by atomic mass is 16.7. The van der Waals surface area contributed by atoms with Gasteiger partial charge in [-0.3, -0.25) is 0 Å². The summed E-state index contributed by atoms with van der Waals surface area (Å²) in [5, 5.41) is 0. The number of aryl methyl sites for hydroxylation is 6. The van der Waals surface area contributed by atoms with Crippen molar-refractivity contribution < 1.29 is 85.6 Å². The molecule has 0 amide bonds. The van der Waals surface area contributed by atoms with E-state index in [4.69, 9.17) is 56.8 Å². The molecule has 6 saturated heterocycles. The number of hydrogen-bond acceptors (Lipinski definition) is 18. The summed E-state index contributed by atoms with van der Waals surface area (Å²) < 4.78 is 67.4. The van der Waals surface area contributed by atoms with Crippen molar-refractivity contribution >= 4 is 72.3 Å². The van der Waals surface area contributed by atoms with Crippen molar-refractivity contribution in [1.82, 2.24) is 0 Å². The topological polar surface area (TPSA) is 213 Å². The zero-order valence-corrected chi connectivity index (χ0v) is 54.3. The van der Waals surface area contributed by atoms with Crippen LogP contribution in [-0.4, -0.2) is 149 Å². The van der Waals surface area contributed by atoms with Gasteiger partial charge in [0.15, 0.2) is 36.6 Å². The number of fused-ring (bicyclic) bond motifs is 3. The fourth-order valence-electron chi connectivity index (χ4n) is 11.1. The van der Waals surface area contributed by atoms with Crippen LogP contribution in [0.3, 0.4) is 0 Å². The average Bonchev–Trinajstić information content (AvgIpc) is 1.67. The molecule has 9 unspecified atom stereocenters. The minimum absolute atomic E-state index is 0.201. The van der Waals surface area contributed by atoms with Gasteiger partial charge in [0.2, 0.25) is 0 Å². The number of benzene rings is 6. The third-order valence-corrected chi connectivity index (χ3v) is 16.4. The number of carbonyl (C=O) groups excluding carboxylic acids is 6. The predicted octanol–water partition coefficient (Wildman–Crippen LogP) is 11.0. The van der Waals surface area contributed by atoms with Crippen LogP contribution < -0.4 is 0 Å². The molecular weight excluding hydrogens is 1220 g/mol. The molecule has 0 spiro atoms. The van der Waals surface area contributed by atoms with Crippen molar-refractivity contribution in [2.75, 3.05) is 39.6 Å². The van der Waals surface area contributed by atoms with Crippen LogP contribution >= 0.6 is 0 Å². The van der Waals surface area contributed by atoms with Crippen molar-refractivity contribution in [1.29, 1.82) is 0 Å². The molecule has 0 aromatic heterocycles. The fraction of sp³-hybridized carbons (Fsp3) is 0.308. The lowest BCUT2D eigenvalue weighted by molar-refractivity contribution is -0.150. The monoisotopic (exact) mass is 1300 g/mol. The quantitative estimate of drug-likeness (QED) is 0.0444. The zero-order valence-electron chi connectivity index (χ0n) is 54.3. The Hall–Kier alpha value is -9.66. The van der Waals surface area contributed by atoms with Gasteiger partial charge in [0.1, 0.15) is 36.6 Å². The molecule has 18 heteroatoms. The van der Waals surface area contributed by atoms with Gasteiger partial charge in [-0.1, -0.05) is 179 Å². The highest BCUT2D eigenvalue weighted by Crippen LogP contribution is 2.34. The highest BCUT2D eigenvalue weighted by Gasteiger charge is 2.53. The van der Waals surface area contributed by atoms with Crippen LogP contribution in [0.4, 0.5) is 0 Å². The van der Waals surface area contributed by atoms with Crippen LogP contribution in [-0.2, 0) is 85.6 Å². The summed E-state index contributed by atoms with van der Waals surface area (Å²) in [5.74, 6) is -2.81. The third-order valence-electron chi connectivity index (χ3n) is 16.4. The number of ether oxygens (including phenoxy) is 12. The fourth-order valence-corrected chi connectivity index (χ4v) is 11.1. The van der Waals surface area contributed by atoms with E-state index in [-0.39, 0.29) is 39.6 Å². The maximum atomic E-state index is 12.2. The lowest BCUT2D eigenvalue weighted by Crippen LogP contribution is -2.35. The van der Waals surface area contributed by atoms with Crippen LogP contribution in [0.2, 0.25) is 0 Å². The smallest absolute Gasteiger partial charge is 0.331 e. The molecule has 0 radical (unpaired) electrons. The van der Waals surface area contributed by atoms with E-state index in [0.29, 0.717) is 0 Å². The van der Waals surface area contributed by atoms with Gasteiger partial charge in [-0.05, 0) is 111 Å². The average molecular weight is 1300 g/mol. The van der Waals surface area contributed by atoms with E-state index in [2.05, 4.69) is 0 Å². The molecule has 6 fully saturated rings. The first-order chi connectivity index (χ1) is 46.4. The molecule has 0 saturated carbocycles. The van der Waals surface area contributed by atoms with Crippen molar-refractivity contribution in [3.8, 4) is 0 Å². The predicted molar refractivity (Wildman–Crippen MR) is 359 cm³/mol. The van der Waals surface area contributed by atoms with E-state index >= 15 is 0 Å². The number of esters is 6. The molecule has 18 nitrogen and oxygen atoms in total. The largest absolute Gasteiger partial charge is 0.454 e. The first-order valence-corrected chi connectivity index (χ1v) is 31.9. The van der Waals surface area contributed by atoms with Crippen molar-refractivity contribution in [3.63, 3.8) is 0 Å². The number of carbonyl (C=O) groups is 6. The van der Waals surface area contributed by atoms with Gasteiger partial charge in [-0.25, -0.2) is 28.8 Å². The molecule has 96 heavy (non-hydrogen) atoms. The Kier molecular flexibility index (Phi) is 24.2. The molecule has 498 valence electrons. The lowest BCUT2D eigenvalue weighted by atomic mass is 10.1. The molecule has 12 atom stereocenters. The van der Waals surface area contributed by atoms with E-state index in [1.807, 2.05) is 187 Å². The first-order valence-electron chi connectivity index (χ1n) is 31.9.